The molecule has 0 fully saturated rings. The summed E-state index contributed by atoms with van der Waals surface area (Å²) in [5.74, 6) is 0.113. The Morgan fingerprint density at radius 1 is 1.12 bits per heavy atom. The van der Waals surface area contributed by atoms with E-state index in [0.29, 0.717) is 35.4 Å². The molecule has 6 heteroatoms. The fraction of sp³-hybridized carbons (Fsp3) is 0.333. The number of carbonyl (C=O) groups excluding carboxylic acids is 1. The Balaban J connectivity index is 1.99. The van der Waals surface area contributed by atoms with E-state index in [1.54, 1.807) is 24.3 Å². The monoisotopic (exact) mass is 325 g/mol. The van der Waals surface area contributed by atoms with E-state index in [4.69, 9.17) is 0 Å². The van der Waals surface area contributed by atoms with Gasteiger partial charge in [-0.15, -0.1) is 0 Å². The smallest absolute Gasteiger partial charge is 0.270 e. The van der Waals surface area contributed by atoms with Crippen LogP contribution in [0.5, 0.6) is 5.75 Å². The molecule has 1 aromatic carbocycles. The minimum atomic E-state index is -0.559. The Morgan fingerprint density at radius 3 is 2.62 bits per heavy atom. The largest absolute Gasteiger partial charge is 0.508 e. The first-order valence-electron chi connectivity index (χ1n) is 7.99. The molecular formula is C18H19N3O3. The normalized spacial score (nSPS) is 21.9. The van der Waals surface area contributed by atoms with E-state index in [2.05, 4.69) is 29.4 Å². The number of H-pyrrole nitrogens is 2. The number of Topliss-reactive ketones (excluding diaryl/α,β-unsaturated/α-hetero) is 1. The SMILES string of the molecule is CC1(C)CC(=O)C2=C(C1)Nc1[nH][nH]c(=O)c1[C@@H]2c1ccccc1O. The van der Waals surface area contributed by atoms with Gasteiger partial charge in [0.15, 0.2) is 5.78 Å². The Kier molecular flexibility index (Phi) is 3.00. The van der Waals surface area contributed by atoms with E-state index in [1.807, 2.05) is 0 Å². The van der Waals surface area contributed by atoms with Crippen molar-refractivity contribution in [3.05, 3.63) is 57.0 Å². The van der Waals surface area contributed by atoms with Crippen molar-refractivity contribution in [1.29, 1.82) is 0 Å². The van der Waals surface area contributed by atoms with Crippen LogP contribution in [0, 0.1) is 5.41 Å². The van der Waals surface area contributed by atoms with Crippen LogP contribution in [0.15, 0.2) is 40.3 Å². The second kappa shape index (κ2) is 4.87. The molecule has 0 radical (unpaired) electrons. The topological polar surface area (TPSA) is 98.0 Å². The molecule has 24 heavy (non-hydrogen) atoms. The number of para-hydroxylation sites is 1. The van der Waals surface area contributed by atoms with Crippen molar-refractivity contribution in [2.24, 2.45) is 5.41 Å². The van der Waals surface area contributed by atoms with Gasteiger partial charge in [-0.1, -0.05) is 32.0 Å². The summed E-state index contributed by atoms with van der Waals surface area (Å²) in [6, 6.07) is 6.87. The van der Waals surface area contributed by atoms with Crippen LogP contribution in [0.25, 0.3) is 0 Å². The highest BCUT2D eigenvalue weighted by Crippen LogP contribution is 2.48. The molecule has 0 amide bonds. The maximum Gasteiger partial charge on any atom is 0.270 e. The average molecular weight is 325 g/mol. The van der Waals surface area contributed by atoms with Crippen LogP contribution < -0.4 is 10.9 Å². The number of phenolic OH excluding ortho intramolecular Hbond substituents is 1. The first-order valence-corrected chi connectivity index (χ1v) is 7.99. The van der Waals surface area contributed by atoms with Gasteiger partial charge in [-0.05, 0) is 17.9 Å². The van der Waals surface area contributed by atoms with Gasteiger partial charge in [-0.25, -0.2) is 0 Å². The lowest BCUT2D eigenvalue weighted by atomic mass is 9.69. The van der Waals surface area contributed by atoms with E-state index >= 15 is 0 Å². The van der Waals surface area contributed by atoms with Crippen molar-refractivity contribution in [2.75, 3.05) is 5.32 Å². The summed E-state index contributed by atoms with van der Waals surface area (Å²) < 4.78 is 0. The van der Waals surface area contributed by atoms with Crippen LogP contribution in [0.2, 0.25) is 0 Å². The molecule has 2 heterocycles. The molecule has 1 atom stereocenters. The third kappa shape index (κ3) is 2.10. The number of aromatic amines is 2. The minimum absolute atomic E-state index is 0.0215. The van der Waals surface area contributed by atoms with Gasteiger partial charge in [0.1, 0.15) is 11.6 Å². The number of hydrogen-bond donors (Lipinski definition) is 4. The van der Waals surface area contributed by atoms with Gasteiger partial charge in [0.2, 0.25) is 0 Å². The molecule has 6 nitrogen and oxygen atoms in total. The van der Waals surface area contributed by atoms with Crippen molar-refractivity contribution in [2.45, 2.75) is 32.6 Å². The lowest BCUT2D eigenvalue weighted by molar-refractivity contribution is -0.118. The number of ketones is 1. The number of phenols is 1. The number of fused-ring (bicyclic) bond motifs is 1. The Morgan fingerprint density at radius 2 is 1.88 bits per heavy atom. The second-order valence-corrected chi connectivity index (χ2v) is 7.32. The fourth-order valence-electron chi connectivity index (χ4n) is 3.86. The summed E-state index contributed by atoms with van der Waals surface area (Å²) >= 11 is 0. The molecule has 0 unspecified atom stereocenters. The molecule has 0 bridgehead atoms. The molecule has 1 aliphatic carbocycles. The highest BCUT2D eigenvalue weighted by Gasteiger charge is 2.42. The molecule has 1 aliphatic heterocycles. The van der Waals surface area contributed by atoms with Gasteiger partial charge < -0.3 is 10.4 Å². The lowest BCUT2D eigenvalue weighted by Crippen LogP contribution is -2.35. The van der Waals surface area contributed by atoms with Crippen LogP contribution in [-0.4, -0.2) is 21.1 Å². The third-order valence-corrected chi connectivity index (χ3v) is 4.84. The summed E-state index contributed by atoms with van der Waals surface area (Å²) in [4.78, 5) is 25.2. The molecule has 4 rings (SSSR count). The first-order chi connectivity index (χ1) is 11.4. The molecule has 4 N–H and O–H groups in total. The summed E-state index contributed by atoms with van der Waals surface area (Å²) in [7, 11) is 0. The van der Waals surface area contributed by atoms with E-state index < -0.39 is 5.92 Å². The van der Waals surface area contributed by atoms with E-state index in [9.17, 15) is 14.7 Å². The zero-order valence-corrected chi connectivity index (χ0v) is 13.6. The quantitative estimate of drug-likeness (QED) is 0.648. The number of hydrogen-bond acceptors (Lipinski definition) is 4. The number of aromatic hydroxyl groups is 1. The van der Waals surface area contributed by atoms with Crippen molar-refractivity contribution in [1.82, 2.24) is 10.2 Å². The highest BCUT2D eigenvalue weighted by molar-refractivity contribution is 6.01. The molecule has 0 saturated carbocycles. The molecule has 2 aromatic rings. The second-order valence-electron chi connectivity index (χ2n) is 7.32. The van der Waals surface area contributed by atoms with Crippen LogP contribution >= 0.6 is 0 Å². The summed E-state index contributed by atoms with van der Waals surface area (Å²) in [6.07, 6.45) is 1.14. The van der Waals surface area contributed by atoms with Gasteiger partial charge in [-0.3, -0.25) is 19.8 Å². The molecule has 0 spiro atoms. The zero-order chi connectivity index (χ0) is 17.1. The predicted molar refractivity (Wildman–Crippen MR) is 90.0 cm³/mol. The van der Waals surface area contributed by atoms with Crippen LogP contribution in [0.3, 0.4) is 0 Å². The number of allylic oxidation sites excluding steroid dienone is 2. The Hall–Kier alpha value is -2.76. The van der Waals surface area contributed by atoms with Crippen LogP contribution in [0.4, 0.5) is 5.82 Å². The number of carbonyl (C=O) groups is 1. The van der Waals surface area contributed by atoms with Crippen molar-refractivity contribution >= 4 is 11.6 Å². The number of anilines is 1. The maximum atomic E-state index is 12.9. The molecule has 0 saturated heterocycles. The van der Waals surface area contributed by atoms with Gasteiger partial charge in [0, 0.05) is 23.3 Å². The standard InChI is InChI=1S/C18H19N3O3/c1-18(2)7-10-14(12(23)8-18)13(9-5-3-4-6-11(9)22)15-16(19-10)20-21-17(15)24/h3-6,13,22H,7-8H2,1-2H3,(H3,19,20,21,24)/t13-/m1/s1. The fourth-order valence-corrected chi connectivity index (χ4v) is 3.86. The number of nitrogens with one attached hydrogen (secondary N) is 3. The maximum absolute atomic E-state index is 12.9. The minimum Gasteiger partial charge on any atom is -0.508 e. The molecule has 124 valence electrons. The number of benzene rings is 1. The van der Waals surface area contributed by atoms with Gasteiger partial charge >= 0.3 is 0 Å². The van der Waals surface area contributed by atoms with E-state index in [0.717, 1.165) is 5.70 Å². The predicted octanol–water partition coefficient (Wildman–Crippen LogP) is 2.61. The molecule has 1 aromatic heterocycles. The van der Waals surface area contributed by atoms with Gasteiger partial charge in [0.25, 0.3) is 5.56 Å². The summed E-state index contributed by atoms with van der Waals surface area (Å²) in [5, 5.41) is 19.0. The summed E-state index contributed by atoms with van der Waals surface area (Å²) in [5.41, 5.74) is 2.02. The zero-order valence-electron chi connectivity index (χ0n) is 13.6. The van der Waals surface area contributed by atoms with E-state index in [1.165, 1.54) is 0 Å². The van der Waals surface area contributed by atoms with Crippen molar-refractivity contribution in [3.63, 3.8) is 0 Å². The number of rotatable bonds is 1. The van der Waals surface area contributed by atoms with Gasteiger partial charge in [0.05, 0.1) is 11.5 Å². The number of aromatic nitrogens is 2. The lowest BCUT2D eigenvalue weighted by Gasteiger charge is -2.37. The van der Waals surface area contributed by atoms with Crippen molar-refractivity contribution in [3.8, 4) is 5.75 Å². The third-order valence-electron chi connectivity index (χ3n) is 4.84. The van der Waals surface area contributed by atoms with E-state index in [-0.39, 0.29) is 22.5 Å². The average Bonchev–Trinajstić information content (AvgIpc) is 2.86. The first kappa shape index (κ1) is 14.8. The Bertz CT molecular complexity index is 933. The Labute approximate surface area is 138 Å². The summed E-state index contributed by atoms with van der Waals surface area (Å²) in [6.45, 7) is 4.11. The highest BCUT2D eigenvalue weighted by atomic mass is 16.3. The van der Waals surface area contributed by atoms with Crippen LogP contribution in [0.1, 0.15) is 43.7 Å². The van der Waals surface area contributed by atoms with Crippen LogP contribution in [-0.2, 0) is 4.79 Å². The molecule has 2 aliphatic rings. The van der Waals surface area contributed by atoms with Crippen molar-refractivity contribution < 1.29 is 9.90 Å². The molecular weight excluding hydrogens is 306 g/mol. The van der Waals surface area contributed by atoms with Gasteiger partial charge in [-0.2, -0.15) is 0 Å².